The average molecular weight is 830 g/mol. The molecular weight excluding hydrogens is 775 g/mol. The summed E-state index contributed by atoms with van der Waals surface area (Å²) in [5.41, 5.74) is 17.1. The number of hydrogen-bond donors (Lipinski definition) is 0. The van der Waals surface area contributed by atoms with E-state index in [-0.39, 0.29) is 11.5 Å². The van der Waals surface area contributed by atoms with Crippen LogP contribution in [-0.4, -0.2) is 12.6 Å². The first-order chi connectivity index (χ1) is 29.4. The van der Waals surface area contributed by atoms with Crippen molar-refractivity contribution in [1.82, 2.24) is 4.57 Å². The Kier molecular flexibility index (Phi) is 8.76. The summed E-state index contributed by atoms with van der Waals surface area (Å²) >= 11 is 1.98. The van der Waals surface area contributed by atoms with Crippen LogP contribution in [0.3, 0.4) is 0 Å². The number of hydrogen-bond acceptors (Lipinski definition) is 1. The second-order valence-electron chi connectivity index (χ2n) is 19.5. The molecule has 0 saturated carbocycles. The summed E-state index contributed by atoms with van der Waals surface area (Å²) < 4.78 is 10.7. The molecule has 3 aromatic heterocycles. The zero-order chi connectivity index (χ0) is 41.9. The highest BCUT2D eigenvalue weighted by Crippen LogP contribution is 2.50. The third-order valence-electron chi connectivity index (χ3n) is 14.4. The Labute approximate surface area is 365 Å². The minimum atomic E-state index is -1.60. The molecule has 61 heavy (non-hydrogen) atoms. The molecule has 11 rings (SSSR count). The van der Waals surface area contributed by atoms with Crippen LogP contribution in [0.1, 0.15) is 66.5 Å². The van der Waals surface area contributed by atoms with Crippen LogP contribution in [-0.2, 0) is 13.0 Å². The molecule has 0 N–H and O–H groups in total. The zero-order valence-electron chi connectivity index (χ0n) is 36.6. The van der Waals surface area contributed by atoms with Gasteiger partial charge in [-0.25, -0.2) is 4.57 Å². The van der Waals surface area contributed by atoms with Crippen molar-refractivity contribution in [3.63, 3.8) is 0 Å². The molecule has 3 aliphatic rings. The zero-order valence-corrected chi connectivity index (χ0v) is 38.5. The van der Waals surface area contributed by atoms with Crippen LogP contribution >= 0.6 is 11.3 Å². The molecule has 302 valence electrons. The Bertz CT molecular complexity index is 3210. The number of pyridine rings is 1. The molecule has 1 aliphatic carbocycles. The summed E-state index contributed by atoms with van der Waals surface area (Å²) in [5, 5.41) is 4.26. The average Bonchev–Trinajstić information content (AvgIpc) is 3.88. The van der Waals surface area contributed by atoms with E-state index in [4.69, 9.17) is 6.58 Å². The first-order valence-corrected chi connectivity index (χ1v) is 26.5. The molecule has 0 fully saturated rings. The van der Waals surface area contributed by atoms with E-state index >= 15 is 0 Å². The normalized spacial score (nSPS) is 19.9. The molecule has 5 heterocycles. The van der Waals surface area contributed by atoms with Gasteiger partial charge in [-0.15, -0.1) is 11.3 Å². The van der Waals surface area contributed by atoms with Gasteiger partial charge in [-0.3, -0.25) is 0 Å². The van der Waals surface area contributed by atoms with Crippen LogP contribution in [0.4, 0.5) is 0 Å². The van der Waals surface area contributed by atoms with Gasteiger partial charge in [0.25, 0.3) is 5.82 Å². The Balaban J connectivity index is 1.20. The van der Waals surface area contributed by atoms with Crippen molar-refractivity contribution in [3.05, 3.63) is 174 Å². The van der Waals surface area contributed by atoms with Gasteiger partial charge >= 0.3 is 0 Å². The predicted octanol–water partition coefficient (Wildman–Crippen LogP) is 13.3. The topological polar surface area (TPSA) is 12.7 Å². The number of nitrogens with zero attached hydrogens (tertiary/aromatic N) is 3. The van der Waals surface area contributed by atoms with E-state index in [1.807, 2.05) is 11.3 Å². The van der Waals surface area contributed by atoms with Gasteiger partial charge in [0, 0.05) is 43.6 Å². The van der Waals surface area contributed by atoms with Crippen molar-refractivity contribution >= 4 is 67.1 Å². The number of aryl methyl sites for hydroxylation is 3. The Hall–Kier alpha value is -5.62. The number of fused-ring (bicyclic) bond motifs is 15. The lowest BCUT2D eigenvalue weighted by Gasteiger charge is -2.32. The second kappa shape index (κ2) is 14.0. The fraction of sp³-hybridized carbons (Fsp3) is 0.250. The van der Waals surface area contributed by atoms with E-state index in [0.717, 1.165) is 31.5 Å². The van der Waals surface area contributed by atoms with Gasteiger partial charge in [0.05, 0.1) is 24.8 Å². The second-order valence-corrected chi connectivity index (χ2v) is 25.6. The van der Waals surface area contributed by atoms with Crippen molar-refractivity contribution < 1.29 is 9.13 Å². The number of allylic oxidation sites excluding steroid dienone is 5. The number of aromatic nitrogens is 3. The van der Waals surface area contributed by atoms with Crippen molar-refractivity contribution in [3.8, 4) is 22.6 Å². The van der Waals surface area contributed by atoms with E-state index in [9.17, 15) is 0 Å². The quantitative estimate of drug-likeness (QED) is 0.124. The maximum atomic E-state index is 5.15. The lowest BCUT2D eigenvalue weighted by molar-refractivity contribution is -0.716. The van der Waals surface area contributed by atoms with E-state index in [1.54, 1.807) is 0 Å². The standard InChI is InChI=1S/C56H55N3SSi/c1-35-22-25-46-51(28-35)60-54-52(46)36(2)29-40-23-26-45-43-18-12-13-19-44(43)47-27-24-42(61(6,7)8)33-57(47)50(45)31-38(4)59-49-21-15-14-20-48(49)58(55(59)53(40)54)34-56(5)32-41(30-37(56)3)39-16-10-9-11-17-39/h9-22,24-25,27-30,32-33,45,50H,4,23,26,31,34H2,1-3,5-8H3/q+2. The number of benzene rings is 5. The molecule has 0 spiro atoms. The summed E-state index contributed by atoms with van der Waals surface area (Å²) in [4.78, 5) is 0. The predicted molar refractivity (Wildman–Crippen MR) is 261 cm³/mol. The van der Waals surface area contributed by atoms with Gasteiger partial charge in [0.15, 0.2) is 23.3 Å². The van der Waals surface area contributed by atoms with E-state index in [2.05, 4.69) is 195 Å². The van der Waals surface area contributed by atoms with Gasteiger partial charge < -0.3 is 0 Å². The molecule has 2 aliphatic heterocycles. The summed E-state index contributed by atoms with van der Waals surface area (Å²) in [7, 11) is -1.60. The van der Waals surface area contributed by atoms with E-state index in [1.165, 1.54) is 98.0 Å². The highest BCUT2D eigenvalue weighted by Gasteiger charge is 2.45. The van der Waals surface area contributed by atoms with Crippen molar-refractivity contribution in [2.24, 2.45) is 5.41 Å². The minimum Gasteiger partial charge on any atom is -0.221 e. The van der Waals surface area contributed by atoms with Crippen molar-refractivity contribution in [2.75, 3.05) is 0 Å². The first kappa shape index (κ1) is 38.3. The van der Waals surface area contributed by atoms with Crippen molar-refractivity contribution in [1.29, 1.82) is 0 Å². The monoisotopic (exact) mass is 829 g/mol. The molecule has 5 aromatic carbocycles. The third-order valence-corrected chi connectivity index (χ3v) is 17.6. The number of thiophene rings is 1. The molecule has 3 atom stereocenters. The Morgan fingerprint density at radius 2 is 1.64 bits per heavy atom. The first-order valence-electron chi connectivity index (χ1n) is 22.2. The van der Waals surface area contributed by atoms with Crippen LogP contribution in [0, 0.1) is 19.3 Å². The molecule has 3 unspecified atom stereocenters. The van der Waals surface area contributed by atoms with E-state index in [0.29, 0.717) is 5.92 Å². The van der Waals surface area contributed by atoms with Gasteiger partial charge in [-0.05, 0) is 98.2 Å². The maximum absolute atomic E-state index is 5.15. The van der Waals surface area contributed by atoms with E-state index < -0.39 is 8.07 Å². The summed E-state index contributed by atoms with van der Waals surface area (Å²) in [6.45, 7) is 22.7. The van der Waals surface area contributed by atoms with Gasteiger partial charge in [0.1, 0.15) is 12.2 Å². The summed E-state index contributed by atoms with van der Waals surface area (Å²) in [6.07, 6.45) is 10.4. The van der Waals surface area contributed by atoms with Crippen LogP contribution in [0.5, 0.6) is 0 Å². The molecule has 0 amide bonds. The van der Waals surface area contributed by atoms with Crippen LogP contribution in [0.2, 0.25) is 19.6 Å². The SMILES string of the molecule is C=C1CC2C(CCc3cc(C)c4c(sc5cc(C)ccc54)c3-c3n1c1ccccc1[n+]3CC1(C)C=C(c3ccccc3)C=C1C)c1ccccc1-c1ccc([Si](C)(C)C)c[n+]12. The highest BCUT2D eigenvalue weighted by atomic mass is 32.1. The van der Waals surface area contributed by atoms with Gasteiger partial charge in [-0.2, -0.15) is 9.13 Å². The Morgan fingerprint density at radius 3 is 2.46 bits per heavy atom. The maximum Gasteiger partial charge on any atom is 0.296 e. The third kappa shape index (κ3) is 6.02. The lowest BCUT2D eigenvalue weighted by atomic mass is 9.77. The number of para-hydroxylation sites is 2. The van der Waals surface area contributed by atoms with Crippen LogP contribution in [0.25, 0.3) is 65.1 Å². The largest absolute Gasteiger partial charge is 0.296 e. The van der Waals surface area contributed by atoms with Crippen molar-refractivity contribution in [2.45, 2.75) is 85.1 Å². The molecule has 0 radical (unpaired) electrons. The summed E-state index contributed by atoms with van der Waals surface area (Å²) in [5.74, 6) is 1.60. The Morgan fingerprint density at radius 1 is 0.869 bits per heavy atom. The highest BCUT2D eigenvalue weighted by molar-refractivity contribution is 7.26. The smallest absolute Gasteiger partial charge is 0.221 e. The molecule has 0 bridgehead atoms. The van der Waals surface area contributed by atoms with Crippen LogP contribution in [0.15, 0.2) is 146 Å². The molecule has 8 aromatic rings. The lowest BCUT2D eigenvalue weighted by Crippen LogP contribution is -2.52. The van der Waals surface area contributed by atoms with Crippen LogP contribution < -0.4 is 14.3 Å². The minimum absolute atomic E-state index is 0.195. The van der Waals surface area contributed by atoms with Gasteiger partial charge in [0.2, 0.25) is 5.69 Å². The molecule has 5 heteroatoms. The fourth-order valence-electron chi connectivity index (χ4n) is 11.1. The fourth-order valence-corrected chi connectivity index (χ4v) is 13.6. The summed E-state index contributed by atoms with van der Waals surface area (Å²) in [6, 6.07) is 44.0. The molecule has 3 nitrogen and oxygen atoms in total. The number of imidazole rings is 1. The molecule has 0 saturated heterocycles. The molecular formula is C56H55N3SSi+2. The number of rotatable bonds is 4. The van der Waals surface area contributed by atoms with Gasteiger partial charge in [-0.1, -0.05) is 129 Å².